The van der Waals surface area contributed by atoms with Crippen molar-refractivity contribution in [3.63, 3.8) is 0 Å². The number of methoxy groups -OCH3 is 1. The normalized spacial score (nSPS) is 17.7. The zero-order chi connectivity index (χ0) is 20.8. The number of hydrogen-bond donors (Lipinski definition) is 0. The SMILES string of the molecule is COc1c(Br)cc(F)cc1C1CCN(c2ccn3c(CC4CC4)nnc3c2Cl)CC1. The number of piperidine rings is 1. The average Bonchev–Trinajstić information content (AvgIpc) is 3.46. The second-order valence-electron chi connectivity index (χ2n) is 8.24. The van der Waals surface area contributed by atoms with Crippen molar-refractivity contribution in [1.29, 1.82) is 0 Å². The van der Waals surface area contributed by atoms with Gasteiger partial charge in [0.05, 0.1) is 17.3 Å². The molecule has 5 nitrogen and oxygen atoms in total. The van der Waals surface area contributed by atoms with Crippen LogP contribution in [-0.2, 0) is 6.42 Å². The first kappa shape index (κ1) is 20.1. The number of rotatable bonds is 5. The molecule has 0 radical (unpaired) electrons. The number of fused-ring (bicyclic) bond motifs is 1. The van der Waals surface area contributed by atoms with Crippen molar-refractivity contribution < 1.29 is 9.13 Å². The number of benzene rings is 1. The zero-order valence-corrected chi connectivity index (χ0v) is 19.1. The van der Waals surface area contributed by atoms with Crippen molar-refractivity contribution in [3.8, 4) is 5.75 Å². The highest BCUT2D eigenvalue weighted by molar-refractivity contribution is 9.10. The molecule has 8 heteroatoms. The maximum Gasteiger partial charge on any atom is 0.181 e. The third-order valence-corrected chi connectivity index (χ3v) is 7.21. The molecule has 1 saturated heterocycles. The van der Waals surface area contributed by atoms with E-state index in [0.717, 1.165) is 66.7 Å². The fourth-order valence-corrected chi connectivity index (χ4v) is 5.38. The van der Waals surface area contributed by atoms with Crippen molar-refractivity contribution in [2.24, 2.45) is 5.92 Å². The Balaban J connectivity index is 1.36. The number of hydrogen-bond acceptors (Lipinski definition) is 4. The number of halogens is 3. The van der Waals surface area contributed by atoms with Gasteiger partial charge in [0.1, 0.15) is 22.4 Å². The quantitative estimate of drug-likeness (QED) is 0.462. The molecule has 0 N–H and O–H groups in total. The monoisotopic (exact) mass is 492 g/mol. The highest BCUT2D eigenvalue weighted by Gasteiger charge is 2.28. The third-order valence-electron chi connectivity index (χ3n) is 6.25. The first-order valence-corrected chi connectivity index (χ1v) is 11.5. The summed E-state index contributed by atoms with van der Waals surface area (Å²) in [4.78, 5) is 2.29. The van der Waals surface area contributed by atoms with Crippen LogP contribution in [0.15, 0.2) is 28.9 Å². The first-order valence-electron chi connectivity index (χ1n) is 10.3. The molecule has 0 bridgehead atoms. The van der Waals surface area contributed by atoms with Crippen LogP contribution in [0, 0.1) is 11.7 Å². The number of nitrogens with zero attached hydrogens (tertiary/aromatic N) is 4. The minimum absolute atomic E-state index is 0.240. The van der Waals surface area contributed by atoms with Gasteiger partial charge in [-0.05, 0) is 71.6 Å². The van der Waals surface area contributed by atoms with E-state index < -0.39 is 0 Å². The molecule has 1 aliphatic heterocycles. The average molecular weight is 494 g/mol. The summed E-state index contributed by atoms with van der Waals surface area (Å²) in [5.74, 6) is 2.45. The predicted octanol–water partition coefficient (Wildman–Crippen LogP) is 5.63. The van der Waals surface area contributed by atoms with Crippen LogP contribution in [0.5, 0.6) is 5.75 Å². The molecule has 3 heterocycles. The lowest BCUT2D eigenvalue weighted by Gasteiger charge is -2.34. The first-order chi connectivity index (χ1) is 14.5. The van der Waals surface area contributed by atoms with E-state index in [1.165, 1.54) is 18.9 Å². The van der Waals surface area contributed by atoms with Gasteiger partial charge in [0.15, 0.2) is 5.65 Å². The molecular formula is C22H23BrClFN4O. The van der Waals surface area contributed by atoms with E-state index in [2.05, 4.69) is 37.1 Å². The summed E-state index contributed by atoms with van der Waals surface area (Å²) < 4.78 is 22.2. The van der Waals surface area contributed by atoms with Crippen molar-refractivity contribution in [2.45, 2.75) is 38.0 Å². The van der Waals surface area contributed by atoms with Crippen molar-refractivity contribution in [1.82, 2.24) is 14.6 Å². The van der Waals surface area contributed by atoms with Crippen LogP contribution < -0.4 is 9.64 Å². The van der Waals surface area contributed by atoms with E-state index in [-0.39, 0.29) is 11.7 Å². The Morgan fingerprint density at radius 1 is 1.20 bits per heavy atom. The maximum absolute atomic E-state index is 14.0. The summed E-state index contributed by atoms with van der Waals surface area (Å²) >= 11 is 10.2. The lowest BCUT2D eigenvalue weighted by Crippen LogP contribution is -2.33. The molecule has 0 atom stereocenters. The Labute approximate surface area is 188 Å². The molecule has 1 aromatic carbocycles. The van der Waals surface area contributed by atoms with Gasteiger partial charge < -0.3 is 9.64 Å². The summed E-state index contributed by atoms with van der Waals surface area (Å²) in [6.07, 6.45) is 7.35. The third kappa shape index (κ3) is 3.66. The van der Waals surface area contributed by atoms with Gasteiger partial charge in [-0.15, -0.1) is 10.2 Å². The molecule has 2 aromatic heterocycles. The van der Waals surface area contributed by atoms with Crippen molar-refractivity contribution >= 4 is 38.9 Å². The molecule has 3 aromatic rings. The van der Waals surface area contributed by atoms with Crippen LogP contribution in [-0.4, -0.2) is 34.8 Å². The smallest absolute Gasteiger partial charge is 0.181 e. The molecule has 0 spiro atoms. The van der Waals surface area contributed by atoms with Crippen LogP contribution in [0.2, 0.25) is 5.02 Å². The molecule has 1 aliphatic carbocycles. The highest BCUT2D eigenvalue weighted by atomic mass is 79.9. The summed E-state index contributed by atoms with van der Waals surface area (Å²) in [6.45, 7) is 1.67. The van der Waals surface area contributed by atoms with Gasteiger partial charge in [-0.1, -0.05) is 11.6 Å². The number of ether oxygens (including phenoxy) is 1. The van der Waals surface area contributed by atoms with E-state index in [1.54, 1.807) is 13.2 Å². The Kier molecular flexibility index (Phi) is 5.35. The van der Waals surface area contributed by atoms with Gasteiger partial charge in [-0.25, -0.2) is 4.39 Å². The van der Waals surface area contributed by atoms with Gasteiger partial charge in [-0.3, -0.25) is 4.40 Å². The van der Waals surface area contributed by atoms with Crippen LogP contribution in [0.25, 0.3) is 5.65 Å². The molecule has 30 heavy (non-hydrogen) atoms. The highest BCUT2D eigenvalue weighted by Crippen LogP contribution is 2.41. The van der Waals surface area contributed by atoms with Crippen LogP contribution in [0.3, 0.4) is 0 Å². The van der Waals surface area contributed by atoms with Gasteiger partial charge in [0.25, 0.3) is 0 Å². The summed E-state index contributed by atoms with van der Waals surface area (Å²) in [5, 5.41) is 9.37. The molecule has 0 amide bonds. The number of aromatic nitrogens is 3. The Bertz CT molecular complexity index is 1090. The van der Waals surface area contributed by atoms with Crippen LogP contribution in [0.4, 0.5) is 10.1 Å². The Morgan fingerprint density at radius 3 is 2.67 bits per heavy atom. The fourth-order valence-electron chi connectivity index (χ4n) is 4.46. The van der Waals surface area contributed by atoms with Gasteiger partial charge >= 0.3 is 0 Å². The molecule has 0 unspecified atom stereocenters. The van der Waals surface area contributed by atoms with Crippen molar-refractivity contribution in [2.75, 3.05) is 25.1 Å². The minimum Gasteiger partial charge on any atom is -0.495 e. The van der Waals surface area contributed by atoms with Crippen LogP contribution in [0.1, 0.15) is 43.0 Å². The van der Waals surface area contributed by atoms with E-state index in [4.69, 9.17) is 16.3 Å². The number of pyridine rings is 1. The standard InChI is InChI=1S/C22H23BrClFN4O/c1-30-21-16(11-15(25)12-17(21)23)14-4-7-28(8-5-14)18-6-9-29-19(10-13-2-3-13)26-27-22(29)20(18)24/h6,9,11-14H,2-5,7-8,10H2,1H3. The summed E-state index contributed by atoms with van der Waals surface area (Å²) in [5.41, 5.74) is 2.63. The maximum atomic E-state index is 14.0. The van der Waals surface area contributed by atoms with E-state index >= 15 is 0 Å². The topological polar surface area (TPSA) is 42.7 Å². The molecule has 2 fully saturated rings. The Morgan fingerprint density at radius 2 is 1.97 bits per heavy atom. The molecular weight excluding hydrogens is 471 g/mol. The molecule has 2 aliphatic rings. The lowest BCUT2D eigenvalue weighted by molar-refractivity contribution is 0.393. The molecule has 5 rings (SSSR count). The van der Waals surface area contributed by atoms with E-state index in [1.807, 2.05) is 10.6 Å². The summed E-state index contributed by atoms with van der Waals surface area (Å²) in [6, 6.07) is 5.11. The number of anilines is 1. The van der Waals surface area contributed by atoms with Crippen LogP contribution >= 0.6 is 27.5 Å². The van der Waals surface area contributed by atoms with E-state index in [0.29, 0.717) is 9.50 Å². The fraction of sp³-hybridized carbons (Fsp3) is 0.455. The molecule has 1 saturated carbocycles. The zero-order valence-electron chi connectivity index (χ0n) is 16.7. The lowest BCUT2D eigenvalue weighted by atomic mass is 9.88. The second kappa shape index (κ2) is 8.00. The Hall–Kier alpha value is -1.86. The predicted molar refractivity (Wildman–Crippen MR) is 119 cm³/mol. The van der Waals surface area contributed by atoms with Crippen molar-refractivity contribution in [3.05, 3.63) is 51.1 Å². The molecule has 158 valence electrons. The van der Waals surface area contributed by atoms with Gasteiger partial charge in [-0.2, -0.15) is 0 Å². The second-order valence-corrected chi connectivity index (χ2v) is 9.48. The van der Waals surface area contributed by atoms with E-state index in [9.17, 15) is 4.39 Å². The van der Waals surface area contributed by atoms with Gasteiger partial charge in [0, 0.05) is 31.3 Å². The minimum atomic E-state index is -0.248. The van der Waals surface area contributed by atoms with Gasteiger partial charge in [0.2, 0.25) is 0 Å². The summed E-state index contributed by atoms with van der Waals surface area (Å²) in [7, 11) is 1.63. The largest absolute Gasteiger partial charge is 0.495 e.